The third-order valence-electron chi connectivity index (χ3n) is 9.40. The molecular weight excluding hydrogens is 716 g/mol. The maximum atomic E-state index is 12.7. The number of methoxy groups -OCH3 is 1. The van der Waals surface area contributed by atoms with Crippen LogP contribution < -0.4 is 36.5 Å². The van der Waals surface area contributed by atoms with Gasteiger partial charge in [0.1, 0.15) is 35.9 Å². The van der Waals surface area contributed by atoms with Gasteiger partial charge >= 0.3 is 12.2 Å². The van der Waals surface area contributed by atoms with Crippen molar-refractivity contribution in [3.05, 3.63) is 77.9 Å². The fourth-order valence-electron chi connectivity index (χ4n) is 6.52. The zero-order chi connectivity index (χ0) is 39.0. The van der Waals surface area contributed by atoms with Gasteiger partial charge in [0.05, 0.1) is 32.1 Å². The quantitative estimate of drug-likeness (QED) is 0.0655. The van der Waals surface area contributed by atoms with Crippen molar-refractivity contribution in [3.63, 3.8) is 0 Å². The number of amides is 3. The molecule has 9 N–H and O–H groups in total. The summed E-state index contributed by atoms with van der Waals surface area (Å²) in [6.45, 7) is 2.10. The largest absolute Gasteiger partial charge is 0.497 e. The summed E-state index contributed by atoms with van der Waals surface area (Å²) in [5, 5.41) is 31.6. The minimum absolute atomic E-state index is 0.0717. The summed E-state index contributed by atoms with van der Waals surface area (Å²) < 4.78 is 28.6. The summed E-state index contributed by atoms with van der Waals surface area (Å²) in [4.78, 5) is 45.5. The van der Waals surface area contributed by atoms with Gasteiger partial charge in [-0.3, -0.25) is 9.69 Å². The van der Waals surface area contributed by atoms with E-state index >= 15 is 0 Å². The molecule has 3 aromatic rings. The highest BCUT2D eigenvalue weighted by Gasteiger charge is 2.40. The Morgan fingerprint density at radius 2 is 1.53 bits per heavy atom. The Morgan fingerprint density at radius 3 is 2.16 bits per heavy atom. The molecule has 3 heterocycles. The van der Waals surface area contributed by atoms with Gasteiger partial charge in [0.2, 0.25) is 5.91 Å². The van der Waals surface area contributed by atoms with Gasteiger partial charge in [-0.05, 0) is 48.2 Å². The van der Waals surface area contributed by atoms with Gasteiger partial charge in [-0.1, -0.05) is 24.3 Å². The van der Waals surface area contributed by atoms with Gasteiger partial charge < -0.3 is 65.9 Å². The lowest BCUT2D eigenvalue weighted by atomic mass is 10.0. The number of ether oxygens (including phenoxy) is 5. The normalized spacial score (nSPS) is 22.0. The lowest BCUT2D eigenvalue weighted by molar-refractivity contribution is -0.118. The number of aliphatic hydroxyl groups excluding tert-OH is 2. The average Bonchev–Trinajstić information content (AvgIpc) is 3.92. The number of alkyl carbamates (subject to hydrolysis) is 2. The fourth-order valence-corrected chi connectivity index (χ4v) is 6.52. The molecule has 18 heteroatoms. The number of aromatic nitrogens is 2. The first-order valence-electron chi connectivity index (χ1n) is 18.3. The van der Waals surface area contributed by atoms with Crippen molar-refractivity contribution in [1.82, 2.24) is 36.1 Å². The number of nitrogens with one attached hydrogen (secondary N) is 5. The Balaban J connectivity index is 1.07. The molecule has 0 saturated carbocycles. The number of benzene rings is 2. The highest BCUT2D eigenvalue weighted by atomic mass is 16.7. The fraction of sp³-hybridized carbons (Fsp3) is 0.514. The van der Waals surface area contributed by atoms with Crippen LogP contribution in [-0.2, 0) is 38.4 Å². The molecule has 0 radical (unpaired) electrons. The minimum atomic E-state index is -0.877. The zero-order valence-electron chi connectivity index (χ0n) is 30.9. The molecule has 6 atom stereocenters. The first kappa shape index (κ1) is 41.2. The number of hydrogen-bond donors (Lipinski definition) is 8. The van der Waals surface area contributed by atoms with Gasteiger partial charge in [0, 0.05) is 64.1 Å². The van der Waals surface area contributed by atoms with Gasteiger partial charge in [0.25, 0.3) is 0 Å². The van der Waals surface area contributed by atoms with Crippen LogP contribution in [0.3, 0.4) is 0 Å². The van der Waals surface area contributed by atoms with E-state index in [9.17, 15) is 19.5 Å². The first-order chi connectivity index (χ1) is 26.7. The number of primary amides is 1. The maximum Gasteiger partial charge on any atom is 0.407 e. The predicted molar refractivity (Wildman–Crippen MR) is 198 cm³/mol. The minimum Gasteiger partial charge on any atom is -0.497 e. The van der Waals surface area contributed by atoms with Gasteiger partial charge in [-0.25, -0.2) is 14.6 Å². The van der Waals surface area contributed by atoms with E-state index in [1.165, 1.54) is 0 Å². The number of nitrogens with zero attached hydrogens (tertiary/aromatic N) is 2. The third-order valence-corrected chi connectivity index (χ3v) is 9.40. The lowest BCUT2D eigenvalue weighted by Crippen LogP contribution is -2.43. The van der Waals surface area contributed by atoms with Gasteiger partial charge in [-0.2, -0.15) is 0 Å². The summed E-state index contributed by atoms with van der Waals surface area (Å²) in [6.07, 6.45) is 0.458. The standard InChI is InChI=1S/C37H52N8O10/c1-51-27-6-2-24(3-7-27)17-30-35(55-37(50)41-12-15-46)32(20-43-30)53-23-52-28-8-4-25(5-9-28)16-29-34(31(47)19-42-29)54-36(49)40-11-14-45(13-10-33(38)48)21-26-18-39-22-44-26/h2-9,18,22,29-32,34-35,42-43,46-47H,10-17,19-21,23H2,1H3,(H2,38,48)(H,39,44)(H,40,49)(H,41,50)/t29-,30+,31+,32-,34-,35-/m0/s1. The molecule has 2 aliphatic rings. The second-order valence-corrected chi connectivity index (χ2v) is 13.4. The van der Waals surface area contributed by atoms with Crippen molar-refractivity contribution in [2.75, 3.05) is 59.8 Å². The molecule has 2 fully saturated rings. The number of carbonyl (C=O) groups is 3. The smallest absolute Gasteiger partial charge is 0.407 e. The number of hydrogen-bond acceptors (Lipinski definition) is 14. The van der Waals surface area contributed by atoms with E-state index in [4.69, 9.17) is 34.5 Å². The number of aliphatic hydroxyl groups is 2. The molecule has 0 aliphatic carbocycles. The van der Waals surface area contributed by atoms with Crippen LogP contribution in [0.2, 0.25) is 0 Å². The summed E-state index contributed by atoms with van der Waals surface area (Å²) in [5.41, 5.74) is 8.15. The van der Waals surface area contributed by atoms with E-state index in [0.717, 1.165) is 22.6 Å². The number of H-pyrrole nitrogens is 1. The summed E-state index contributed by atoms with van der Waals surface area (Å²) in [6, 6.07) is 14.5. The SMILES string of the molecule is COc1ccc(C[C@H]2NC[C@H](OCOc3ccc(C[C@@H]4NC[C@@H](O)[C@H]4OC(=O)NCCN(CCC(N)=O)Cc4cnc[nH]4)cc3)[C@H]2OC(=O)NCCO)cc1. The number of nitrogens with two attached hydrogens (primary N) is 1. The van der Waals surface area contributed by atoms with E-state index in [-0.39, 0.29) is 51.5 Å². The van der Waals surface area contributed by atoms with E-state index in [2.05, 4.69) is 31.2 Å². The topological polar surface area (TPSA) is 244 Å². The molecule has 0 spiro atoms. The van der Waals surface area contributed by atoms with Crippen LogP contribution in [0.4, 0.5) is 9.59 Å². The van der Waals surface area contributed by atoms with E-state index < -0.39 is 42.5 Å². The van der Waals surface area contributed by atoms with Crippen LogP contribution in [0.25, 0.3) is 0 Å². The van der Waals surface area contributed by atoms with Crippen LogP contribution in [0.1, 0.15) is 23.2 Å². The van der Waals surface area contributed by atoms with Crippen LogP contribution in [0.15, 0.2) is 61.1 Å². The number of aromatic amines is 1. The van der Waals surface area contributed by atoms with Crippen LogP contribution in [0, 0.1) is 0 Å². The number of rotatable bonds is 21. The second-order valence-electron chi connectivity index (χ2n) is 13.4. The lowest BCUT2D eigenvalue weighted by Gasteiger charge is -2.25. The van der Waals surface area contributed by atoms with Crippen LogP contribution in [0.5, 0.6) is 11.5 Å². The molecule has 300 valence electrons. The van der Waals surface area contributed by atoms with E-state index in [1.54, 1.807) is 31.8 Å². The molecule has 18 nitrogen and oxygen atoms in total. The molecule has 3 amide bonds. The van der Waals surface area contributed by atoms with Crippen LogP contribution in [-0.4, -0.2) is 139 Å². The Morgan fingerprint density at radius 1 is 0.891 bits per heavy atom. The third kappa shape index (κ3) is 13.1. The number of imidazole rings is 1. The zero-order valence-corrected chi connectivity index (χ0v) is 30.9. The number of β-amino-alcohol motifs (C(OH)–C–C–N with tert-alkyl or cyclic N) is 1. The van der Waals surface area contributed by atoms with Crippen LogP contribution >= 0.6 is 0 Å². The molecule has 2 aliphatic heterocycles. The molecular formula is C37H52N8O10. The predicted octanol–water partition coefficient (Wildman–Crippen LogP) is -0.211. The Bertz CT molecular complexity index is 1610. The van der Waals surface area contributed by atoms with Crippen molar-refractivity contribution >= 4 is 18.1 Å². The summed E-state index contributed by atoms with van der Waals surface area (Å²) >= 11 is 0. The highest BCUT2D eigenvalue weighted by molar-refractivity contribution is 5.73. The maximum absolute atomic E-state index is 12.7. The Kier molecular flexibility index (Phi) is 15.9. The average molecular weight is 769 g/mol. The molecule has 55 heavy (non-hydrogen) atoms. The number of carbonyl (C=O) groups excluding carboxylic acids is 3. The summed E-state index contributed by atoms with van der Waals surface area (Å²) in [5.74, 6) is 0.895. The second kappa shape index (κ2) is 21.2. The highest BCUT2D eigenvalue weighted by Crippen LogP contribution is 2.23. The van der Waals surface area contributed by atoms with E-state index in [0.29, 0.717) is 44.8 Å². The monoisotopic (exact) mass is 768 g/mol. The first-order valence-corrected chi connectivity index (χ1v) is 18.3. The van der Waals surface area contributed by atoms with E-state index in [1.807, 2.05) is 41.3 Å². The Labute approximate surface area is 319 Å². The van der Waals surface area contributed by atoms with Crippen molar-refractivity contribution in [2.24, 2.45) is 5.73 Å². The summed E-state index contributed by atoms with van der Waals surface area (Å²) in [7, 11) is 1.61. The van der Waals surface area contributed by atoms with Gasteiger partial charge in [0.15, 0.2) is 6.79 Å². The van der Waals surface area contributed by atoms with Gasteiger partial charge in [-0.15, -0.1) is 0 Å². The molecule has 5 rings (SSSR count). The van der Waals surface area contributed by atoms with Crippen molar-refractivity contribution in [2.45, 2.75) is 62.3 Å². The molecule has 2 aromatic carbocycles. The Hall–Kier alpha value is -4.98. The van der Waals surface area contributed by atoms with Crippen molar-refractivity contribution in [3.8, 4) is 11.5 Å². The molecule has 1 aromatic heterocycles. The van der Waals surface area contributed by atoms with Crippen molar-refractivity contribution in [1.29, 1.82) is 0 Å². The molecule has 0 unspecified atom stereocenters. The molecule has 0 bridgehead atoms. The molecule has 2 saturated heterocycles. The van der Waals surface area contributed by atoms with Crippen molar-refractivity contribution < 1.29 is 48.3 Å².